The molecule has 0 radical (unpaired) electrons. The fourth-order valence-corrected chi connectivity index (χ4v) is 2.12. The van der Waals surface area contributed by atoms with Gasteiger partial charge in [-0.05, 0) is 31.2 Å². The molecule has 0 aliphatic carbocycles. The first-order valence-electron chi connectivity index (χ1n) is 7.50. The normalized spacial score (nSPS) is 10.4. The van der Waals surface area contributed by atoms with Gasteiger partial charge in [-0.25, -0.2) is 0 Å². The third-order valence-electron chi connectivity index (χ3n) is 3.33. The van der Waals surface area contributed by atoms with Gasteiger partial charge in [-0.1, -0.05) is 35.0 Å². The van der Waals surface area contributed by atoms with Crippen molar-refractivity contribution in [1.29, 1.82) is 0 Å². The number of benzene rings is 2. The highest BCUT2D eigenvalue weighted by molar-refractivity contribution is 5.91. The van der Waals surface area contributed by atoms with Crippen LogP contribution in [0.25, 0.3) is 11.4 Å². The van der Waals surface area contributed by atoms with Crippen LogP contribution >= 0.6 is 0 Å². The summed E-state index contributed by atoms with van der Waals surface area (Å²) in [6, 6.07) is 14.8. The zero-order valence-electron chi connectivity index (χ0n) is 13.4. The molecule has 2 aromatic carbocycles. The number of ether oxygens (including phenoxy) is 1. The van der Waals surface area contributed by atoms with Gasteiger partial charge in [-0.2, -0.15) is 4.98 Å². The predicted octanol–water partition coefficient (Wildman–Crippen LogP) is 3.37. The highest BCUT2D eigenvalue weighted by atomic mass is 16.5. The van der Waals surface area contributed by atoms with Crippen LogP contribution in [0.15, 0.2) is 53.1 Å². The standard InChI is InChI=1S/C18H17N3O3/c1-12-6-8-15(9-7-12)20-17(22)11-23-16-5-3-4-14(10-16)18-19-13(2)24-21-18/h3-10H,11H2,1-2H3,(H,20,22). The number of hydrogen-bond acceptors (Lipinski definition) is 5. The number of carbonyl (C=O) groups excluding carboxylic acids is 1. The van der Waals surface area contributed by atoms with E-state index < -0.39 is 0 Å². The SMILES string of the molecule is Cc1ccc(NC(=O)COc2cccc(-c3noc(C)n3)c2)cc1. The average molecular weight is 323 g/mol. The summed E-state index contributed by atoms with van der Waals surface area (Å²) in [5, 5.41) is 6.65. The summed E-state index contributed by atoms with van der Waals surface area (Å²) in [5.74, 6) is 1.32. The van der Waals surface area contributed by atoms with Gasteiger partial charge in [0, 0.05) is 18.2 Å². The maximum Gasteiger partial charge on any atom is 0.262 e. The van der Waals surface area contributed by atoms with Crippen LogP contribution in [0.3, 0.4) is 0 Å². The van der Waals surface area contributed by atoms with Crippen molar-refractivity contribution in [3.8, 4) is 17.1 Å². The van der Waals surface area contributed by atoms with E-state index in [-0.39, 0.29) is 12.5 Å². The van der Waals surface area contributed by atoms with Gasteiger partial charge in [-0.15, -0.1) is 0 Å². The van der Waals surface area contributed by atoms with Gasteiger partial charge in [0.1, 0.15) is 5.75 Å². The molecule has 1 N–H and O–H groups in total. The number of aryl methyl sites for hydroxylation is 2. The van der Waals surface area contributed by atoms with Crippen molar-refractivity contribution in [1.82, 2.24) is 10.1 Å². The maximum atomic E-state index is 12.0. The lowest BCUT2D eigenvalue weighted by molar-refractivity contribution is -0.118. The Bertz CT molecular complexity index is 841. The summed E-state index contributed by atoms with van der Waals surface area (Å²) in [6.07, 6.45) is 0. The molecule has 0 saturated heterocycles. The van der Waals surface area contributed by atoms with Gasteiger partial charge in [0.25, 0.3) is 5.91 Å². The van der Waals surface area contributed by atoms with E-state index in [1.54, 1.807) is 19.1 Å². The van der Waals surface area contributed by atoms with Gasteiger partial charge in [0.15, 0.2) is 6.61 Å². The van der Waals surface area contributed by atoms with Gasteiger partial charge >= 0.3 is 0 Å². The minimum Gasteiger partial charge on any atom is -0.484 e. The highest BCUT2D eigenvalue weighted by Crippen LogP contribution is 2.21. The third-order valence-corrected chi connectivity index (χ3v) is 3.33. The second kappa shape index (κ2) is 6.95. The quantitative estimate of drug-likeness (QED) is 0.779. The number of nitrogens with one attached hydrogen (secondary N) is 1. The number of amides is 1. The van der Waals surface area contributed by atoms with Gasteiger partial charge in [0.2, 0.25) is 11.7 Å². The lowest BCUT2D eigenvalue weighted by Gasteiger charge is -2.08. The Kier molecular flexibility index (Phi) is 4.56. The Labute approximate surface area is 139 Å². The molecule has 122 valence electrons. The molecule has 0 atom stereocenters. The molecular weight excluding hydrogens is 306 g/mol. The zero-order chi connectivity index (χ0) is 16.9. The molecule has 0 fully saturated rings. The number of hydrogen-bond donors (Lipinski definition) is 1. The molecule has 0 saturated carbocycles. The summed E-state index contributed by atoms with van der Waals surface area (Å²) in [7, 11) is 0. The molecule has 6 heteroatoms. The minimum atomic E-state index is -0.223. The van der Waals surface area contributed by atoms with Crippen molar-refractivity contribution in [3.05, 3.63) is 60.0 Å². The summed E-state index contributed by atoms with van der Waals surface area (Å²) in [5.41, 5.74) is 2.64. The lowest BCUT2D eigenvalue weighted by atomic mass is 10.2. The Morgan fingerprint density at radius 3 is 2.67 bits per heavy atom. The van der Waals surface area contributed by atoms with Crippen molar-refractivity contribution < 1.29 is 14.1 Å². The molecule has 1 heterocycles. The molecule has 0 bridgehead atoms. The number of rotatable bonds is 5. The van der Waals surface area contributed by atoms with Crippen molar-refractivity contribution in [2.24, 2.45) is 0 Å². The van der Waals surface area contributed by atoms with Crippen LogP contribution < -0.4 is 10.1 Å². The van der Waals surface area contributed by atoms with E-state index in [0.717, 1.165) is 16.8 Å². The van der Waals surface area contributed by atoms with Gasteiger partial charge in [-0.3, -0.25) is 4.79 Å². The van der Waals surface area contributed by atoms with Gasteiger partial charge in [0.05, 0.1) is 0 Å². The summed E-state index contributed by atoms with van der Waals surface area (Å²) >= 11 is 0. The van der Waals surface area contributed by atoms with Crippen LogP contribution in [0.1, 0.15) is 11.5 Å². The minimum absolute atomic E-state index is 0.0808. The Morgan fingerprint density at radius 1 is 1.17 bits per heavy atom. The van der Waals surface area contributed by atoms with Crippen LogP contribution in [0, 0.1) is 13.8 Å². The van der Waals surface area contributed by atoms with E-state index in [4.69, 9.17) is 9.26 Å². The number of nitrogens with zero attached hydrogens (tertiary/aromatic N) is 2. The zero-order valence-corrected chi connectivity index (χ0v) is 13.4. The molecule has 6 nitrogen and oxygen atoms in total. The van der Waals surface area contributed by atoms with E-state index in [0.29, 0.717) is 17.5 Å². The molecule has 1 amide bonds. The first-order valence-corrected chi connectivity index (χ1v) is 7.50. The van der Waals surface area contributed by atoms with Crippen LogP contribution in [0.4, 0.5) is 5.69 Å². The second-order valence-corrected chi connectivity index (χ2v) is 5.37. The van der Waals surface area contributed by atoms with Crippen molar-refractivity contribution in [2.75, 3.05) is 11.9 Å². The smallest absolute Gasteiger partial charge is 0.262 e. The van der Waals surface area contributed by atoms with Crippen LogP contribution in [0.5, 0.6) is 5.75 Å². The third kappa shape index (κ3) is 3.98. The fraction of sp³-hybridized carbons (Fsp3) is 0.167. The molecule has 0 aliphatic heterocycles. The predicted molar refractivity (Wildman–Crippen MR) is 89.8 cm³/mol. The summed E-state index contributed by atoms with van der Waals surface area (Å²) < 4.78 is 10.5. The Morgan fingerprint density at radius 2 is 1.96 bits per heavy atom. The first-order chi connectivity index (χ1) is 11.6. The topological polar surface area (TPSA) is 77.2 Å². The summed E-state index contributed by atoms with van der Waals surface area (Å²) in [4.78, 5) is 16.1. The van der Waals surface area contributed by atoms with E-state index in [1.807, 2.05) is 43.3 Å². The fourth-order valence-electron chi connectivity index (χ4n) is 2.12. The van der Waals surface area contributed by atoms with E-state index >= 15 is 0 Å². The van der Waals surface area contributed by atoms with Gasteiger partial charge < -0.3 is 14.6 Å². The number of anilines is 1. The van der Waals surface area contributed by atoms with Crippen LogP contribution in [-0.4, -0.2) is 22.7 Å². The van der Waals surface area contributed by atoms with E-state index in [9.17, 15) is 4.79 Å². The maximum absolute atomic E-state index is 12.0. The van der Waals surface area contributed by atoms with Crippen molar-refractivity contribution in [3.63, 3.8) is 0 Å². The molecule has 1 aromatic heterocycles. The van der Waals surface area contributed by atoms with Crippen molar-refractivity contribution >= 4 is 11.6 Å². The number of carbonyl (C=O) groups is 1. The average Bonchev–Trinajstić information content (AvgIpc) is 3.02. The monoisotopic (exact) mass is 323 g/mol. The van der Waals surface area contributed by atoms with Crippen LogP contribution in [-0.2, 0) is 4.79 Å². The molecule has 3 rings (SSSR count). The molecule has 24 heavy (non-hydrogen) atoms. The number of aromatic nitrogens is 2. The molecule has 0 unspecified atom stereocenters. The molecule has 0 spiro atoms. The Hall–Kier alpha value is -3.15. The van der Waals surface area contributed by atoms with E-state index in [2.05, 4.69) is 15.5 Å². The Balaban J connectivity index is 1.60. The molecule has 3 aromatic rings. The second-order valence-electron chi connectivity index (χ2n) is 5.37. The van der Waals surface area contributed by atoms with Crippen LogP contribution in [0.2, 0.25) is 0 Å². The largest absolute Gasteiger partial charge is 0.484 e. The van der Waals surface area contributed by atoms with E-state index in [1.165, 1.54) is 0 Å². The van der Waals surface area contributed by atoms with Crippen molar-refractivity contribution in [2.45, 2.75) is 13.8 Å². The molecule has 0 aliphatic rings. The molecular formula is C18H17N3O3. The first kappa shape index (κ1) is 15.7. The summed E-state index contributed by atoms with van der Waals surface area (Å²) in [6.45, 7) is 3.64. The highest BCUT2D eigenvalue weighted by Gasteiger charge is 2.08. The lowest BCUT2D eigenvalue weighted by Crippen LogP contribution is -2.20.